The third-order valence-corrected chi connectivity index (χ3v) is 4.47. The number of ether oxygens (including phenoxy) is 1. The van der Waals surface area contributed by atoms with E-state index in [1.807, 2.05) is 12.1 Å². The molecule has 3 rings (SSSR count). The van der Waals surface area contributed by atoms with Gasteiger partial charge in [0.15, 0.2) is 0 Å². The monoisotopic (exact) mass is 340 g/mol. The van der Waals surface area contributed by atoms with Crippen molar-refractivity contribution in [1.29, 1.82) is 0 Å². The van der Waals surface area contributed by atoms with E-state index in [2.05, 4.69) is 12.1 Å². The first kappa shape index (κ1) is 17.1. The third kappa shape index (κ3) is 4.03. The Morgan fingerprint density at radius 1 is 1.20 bits per heavy atom. The predicted octanol–water partition coefficient (Wildman–Crippen LogP) is 2.74. The van der Waals surface area contributed by atoms with E-state index in [-0.39, 0.29) is 24.1 Å². The maximum absolute atomic E-state index is 12.5. The Morgan fingerprint density at radius 3 is 2.64 bits per heavy atom. The zero-order valence-electron chi connectivity index (χ0n) is 14.1. The Bertz CT molecular complexity index is 790. The summed E-state index contributed by atoms with van der Waals surface area (Å²) in [7, 11) is 1.71. The number of para-hydroxylation sites is 1. The minimum absolute atomic E-state index is 0.0109. The summed E-state index contributed by atoms with van der Waals surface area (Å²) in [5.74, 6) is -0.156. The van der Waals surface area contributed by atoms with Crippen LogP contribution in [-0.4, -0.2) is 35.4 Å². The van der Waals surface area contributed by atoms with Gasteiger partial charge in [0.25, 0.3) is 5.69 Å². The summed E-state index contributed by atoms with van der Waals surface area (Å²) in [5.41, 5.74) is 2.84. The Balaban J connectivity index is 1.61. The Morgan fingerprint density at radius 2 is 1.88 bits per heavy atom. The fraction of sp³-hybridized carbons (Fsp3) is 0.316. The van der Waals surface area contributed by atoms with Crippen LogP contribution in [0.25, 0.3) is 0 Å². The summed E-state index contributed by atoms with van der Waals surface area (Å²) in [6, 6.07) is 14.5. The molecule has 0 bridgehead atoms. The number of carbonyl (C=O) groups is 1. The molecule has 0 spiro atoms. The first-order valence-corrected chi connectivity index (χ1v) is 8.19. The normalized spacial score (nSPS) is 16.1. The van der Waals surface area contributed by atoms with Crippen molar-refractivity contribution < 1.29 is 14.5 Å². The van der Waals surface area contributed by atoms with Crippen LogP contribution in [0.5, 0.6) is 0 Å². The number of hydrogen-bond acceptors (Lipinski definition) is 4. The van der Waals surface area contributed by atoms with Crippen molar-refractivity contribution in [3.05, 3.63) is 75.3 Å². The molecular weight excluding hydrogens is 320 g/mol. The van der Waals surface area contributed by atoms with Gasteiger partial charge in [-0.15, -0.1) is 0 Å². The Labute approximate surface area is 146 Å². The van der Waals surface area contributed by atoms with Gasteiger partial charge in [-0.3, -0.25) is 14.9 Å². The molecule has 0 radical (unpaired) electrons. The summed E-state index contributed by atoms with van der Waals surface area (Å²) >= 11 is 0. The second-order valence-electron chi connectivity index (χ2n) is 6.24. The molecule has 2 aromatic carbocycles. The molecule has 130 valence electrons. The molecule has 1 heterocycles. The molecule has 0 aromatic heterocycles. The van der Waals surface area contributed by atoms with E-state index in [4.69, 9.17) is 4.74 Å². The van der Waals surface area contributed by atoms with Gasteiger partial charge in [0.05, 0.1) is 24.1 Å². The molecule has 1 unspecified atom stereocenters. The van der Waals surface area contributed by atoms with Gasteiger partial charge in [0.2, 0.25) is 5.91 Å². The number of amides is 1. The molecule has 0 saturated carbocycles. The molecule has 1 aliphatic heterocycles. The Hall–Kier alpha value is -2.73. The van der Waals surface area contributed by atoms with Crippen LogP contribution in [0.15, 0.2) is 48.5 Å². The number of nitrogens with zero attached hydrogens (tertiary/aromatic N) is 2. The number of nitro benzene ring substituents is 1. The number of benzene rings is 2. The molecule has 0 N–H and O–H groups in total. The van der Waals surface area contributed by atoms with Crippen molar-refractivity contribution in [1.82, 2.24) is 4.90 Å². The molecule has 2 aromatic rings. The van der Waals surface area contributed by atoms with Gasteiger partial charge in [-0.2, -0.15) is 0 Å². The van der Waals surface area contributed by atoms with Crippen molar-refractivity contribution in [3.63, 3.8) is 0 Å². The molecule has 25 heavy (non-hydrogen) atoms. The zero-order chi connectivity index (χ0) is 17.8. The quantitative estimate of drug-likeness (QED) is 0.620. The minimum atomic E-state index is -0.455. The average molecular weight is 340 g/mol. The molecule has 1 amide bonds. The van der Waals surface area contributed by atoms with Gasteiger partial charge in [-0.1, -0.05) is 42.5 Å². The average Bonchev–Trinajstić information content (AvgIpc) is 2.61. The molecule has 6 nitrogen and oxygen atoms in total. The lowest BCUT2D eigenvalue weighted by atomic mass is 9.99. The first-order valence-electron chi connectivity index (χ1n) is 8.19. The lowest BCUT2D eigenvalue weighted by Crippen LogP contribution is -2.39. The minimum Gasteiger partial charge on any atom is -0.371 e. The summed E-state index contributed by atoms with van der Waals surface area (Å²) in [4.78, 5) is 24.7. The fourth-order valence-corrected chi connectivity index (χ4v) is 3.07. The van der Waals surface area contributed by atoms with Crippen LogP contribution in [0.4, 0.5) is 5.69 Å². The number of nitro groups is 1. The van der Waals surface area contributed by atoms with Crippen LogP contribution in [0.1, 0.15) is 16.7 Å². The van der Waals surface area contributed by atoms with E-state index < -0.39 is 4.92 Å². The first-order chi connectivity index (χ1) is 12.0. The number of rotatable bonds is 5. The molecule has 0 saturated heterocycles. The maximum atomic E-state index is 12.5. The molecule has 1 atom stereocenters. The lowest BCUT2D eigenvalue weighted by molar-refractivity contribution is -0.385. The number of hydrogen-bond donors (Lipinski definition) is 0. The standard InChI is InChI=1S/C19H20N2O4/c1-20(12-17-10-14-6-2-3-8-16(14)13-25-17)19(22)11-15-7-4-5-9-18(15)21(23)24/h2-9,17H,10-13H2,1H3. The van der Waals surface area contributed by atoms with Gasteiger partial charge in [-0.25, -0.2) is 0 Å². The van der Waals surface area contributed by atoms with Crippen LogP contribution in [0.2, 0.25) is 0 Å². The van der Waals surface area contributed by atoms with Crippen LogP contribution < -0.4 is 0 Å². The van der Waals surface area contributed by atoms with Crippen LogP contribution >= 0.6 is 0 Å². The van der Waals surface area contributed by atoms with Crippen molar-refractivity contribution in [3.8, 4) is 0 Å². The van der Waals surface area contributed by atoms with E-state index in [1.165, 1.54) is 17.2 Å². The van der Waals surface area contributed by atoms with E-state index in [0.717, 1.165) is 6.42 Å². The lowest BCUT2D eigenvalue weighted by Gasteiger charge is -2.29. The highest BCUT2D eigenvalue weighted by atomic mass is 16.6. The number of likely N-dealkylation sites (N-methyl/N-ethyl adjacent to an activating group) is 1. The van der Waals surface area contributed by atoms with Crippen LogP contribution in [0, 0.1) is 10.1 Å². The van der Waals surface area contributed by atoms with Crippen molar-refractivity contribution in [2.45, 2.75) is 25.6 Å². The molecule has 1 aliphatic rings. The molecular formula is C19H20N2O4. The Kier molecular flexibility index (Phi) is 5.09. The van der Waals surface area contributed by atoms with Crippen molar-refractivity contribution in [2.24, 2.45) is 0 Å². The molecule has 6 heteroatoms. The van der Waals surface area contributed by atoms with Crippen LogP contribution in [0.3, 0.4) is 0 Å². The van der Waals surface area contributed by atoms with Gasteiger partial charge in [-0.05, 0) is 11.1 Å². The predicted molar refractivity (Wildman–Crippen MR) is 93.2 cm³/mol. The highest BCUT2D eigenvalue weighted by Crippen LogP contribution is 2.22. The van der Waals surface area contributed by atoms with E-state index in [0.29, 0.717) is 18.7 Å². The number of fused-ring (bicyclic) bond motifs is 1. The van der Waals surface area contributed by atoms with Crippen molar-refractivity contribution >= 4 is 11.6 Å². The highest BCUT2D eigenvalue weighted by molar-refractivity contribution is 5.79. The maximum Gasteiger partial charge on any atom is 0.273 e. The summed E-state index contributed by atoms with van der Waals surface area (Å²) < 4.78 is 5.84. The second-order valence-corrected chi connectivity index (χ2v) is 6.24. The van der Waals surface area contributed by atoms with E-state index in [9.17, 15) is 14.9 Å². The van der Waals surface area contributed by atoms with E-state index in [1.54, 1.807) is 30.1 Å². The summed E-state index contributed by atoms with van der Waals surface area (Å²) in [6.45, 7) is 1.01. The molecule has 0 fully saturated rings. The van der Waals surface area contributed by atoms with Gasteiger partial charge < -0.3 is 9.64 Å². The van der Waals surface area contributed by atoms with Gasteiger partial charge >= 0.3 is 0 Å². The van der Waals surface area contributed by atoms with Crippen molar-refractivity contribution in [2.75, 3.05) is 13.6 Å². The fourth-order valence-electron chi connectivity index (χ4n) is 3.07. The topological polar surface area (TPSA) is 72.7 Å². The SMILES string of the molecule is CN(CC1Cc2ccccc2CO1)C(=O)Cc1ccccc1[N+](=O)[O-]. The van der Waals surface area contributed by atoms with Gasteiger partial charge in [0, 0.05) is 31.6 Å². The molecule has 0 aliphatic carbocycles. The van der Waals surface area contributed by atoms with E-state index >= 15 is 0 Å². The van der Waals surface area contributed by atoms with Gasteiger partial charge in [0.1, 0.15) is 0 Å². The smallest absolute Gasteiger partial charge is 0.273 e. The third-order valence-electron chi connectivity index (χ3n) is 4.47. The number of carbonyl (C=O) groups excluding carboxylic acids is 1. The van der Waals surface area contributed by atoms with Crippen LogP contribution in [-0.2, 0) is 29.0 Å². The second kappa shape index (κ2) is 7.44. The highest BCUT2D eigenvalue weighted by Gasteiger charge is 2.23. The zero-order valence-corrected chi connectivity index (χ0v) is 14.1. The summed E-state index contributed by atoms with van der Waals surface area (Å²) in [5, 5.41) is 11.1. The largest absolute Gasteiger partial charge is 0.371 e. The summed E-state index contributed by atoms with van der Waals surface area (Å²) in [6.07, 6.45) is 0.713.